The number of hydrogen-bond donors (Lipinski definition) is 1. The highest BCUT2D eigenvalue weighted by molar-refractivity contribution is 7.10. The molecule has 4 nitrogen and oxygen atoms in total. The summed E-state index contributed by atoms with van der Waals surface area (Å²) in [5.41, 5.74) is 0.929. The van der Waals surface area contributed by atoms with Gasteiger partial charge in [-0.05, 0) is 42.0 Å². The number of unbranched alkanes of at least 4 members (excludes halogenated alkanes) is 1. The molecule has 0 fully saturated rings. The van der Waals surface area contributed by atoms with E-state index < -0.39 is 11.9 Å². The van der Waals surface area contributed by atoms with Crippen LogP contribution in [0.25, 0.3) is 0 Å². The van der Waals surface area contributed by atoms with Crippen molar-refractivity contribution in [2.45, 2.75) is 32.1 Å². The summed E-state index contributed by atoms with van der Waals surface area (Å²) in [7, 11) is 1.60. The van der Waals surface area contributed by atoms with Gasteiger partial charge in [-0.2, -0.15) is 0 Å². The van der Waals surface area contributed by atoms with Crippen molar-refractivity contribution in [2.24, 2.45) is 0 Å². The van der Waals surface area contributed by atoms with Crippen LogP contribution in [0, 0.1) is 0 Å². The highest BCUT2D eigenvalue weighted by atomic mass is 32.1. The number of aliphatic carboxylic acids is 1. The number of carbonyl (C=O) groups is 1. The van der Waals surface area contributed by atoms with Crippen LogP contribution in [0.1, 0.15) is 36.1 Å². The monoisotopic (exact) mass is 334 g/mol. The zero-order valence-corrected chi connectivity index (χ0v) is 14.3. The summed E-state index contributed by atoms with van der Waals surface area (Å²) in [4.78, 5) is 12.4. The Labute approximate surface area is 140 Å². The maximum Gasteiger partial charge on any atom is 0.312 e. The highest BCUT2D eigenvalue weighted by Crippen LogP contribution is 2.31. The molecule has 2 aromatic rings. The summed E-state index contributed by atoms with van der Waals surface area (Å²) >= 11 is 1.47. The lowest BCUT2D eigenvalue weighted by Crippen LogP contribution is -2.13. The molecular formula is C18H22O4S. The molecule has 1 aromatic heterocycles. The fourth-order valence-corrected chi connectivity index (χ4v) is 3.14. The second-order valence-corrected chi connectivity index (χ2v) is 6.28. The van der Waals surface area contributed by atoms with Crippen LogP contribution < -0.4 is 9.47 Å². The number of rotatable bonds is 9. The molecule has 0 spiro atoms. The third kappa shape index (κ3) is 4.73. The molecule has 1 unspecified atom stereocenters. The Morgan fingerprint density at radius 3 is 2.74 bits per heavy atom. The van der Waals surface area contributed by atoms with E-state index in [1.165, 1.54) is 11.3 Å². The standard InChI is InChI=1S/C18H22O4S/c1-3-4-9-22-16-12-13(7-8-15(16)21-2)11-14(18(19)20)17-6-5-10-23-17/h5-8,10,12,14H,3-4,9,11H2,1-2H3,(H,19,20). The lowest BCUT2D eigenvalue weighted by atomic mass is 9.97. The van der Waals surface area contributed by atoms with Crippen molar-refractivity contribution in [1.29, 1.82) is 0 Å². The van der Waals surface area contributed by atoms with E-state index in [1.807, 2.05) is 35.7 Å². The molecule has 0 aliphatic heterocycles. The topological polar surface area (TPSA) is 55.8 Å². The van der Waals surface area contributed by atoms with Gasteiger partial charge in [0.15, 0.2) is 11.5 Å². The second-order valence-electron chi connectivity index (χ2n) is 5.30. The number of carboxylic acid groups (broad SMARTS) is 1. The molecule has 0 aliphatic rings. The van der Waals surface area contributed by atoms with Crippen molar-refractivity contribution in [2.75, 3.05) is 13.7 Å². The molecule has 1 heterocycles. The first-order valence-electron chi connectivity index (χ1n) is 7.71. The number of carboxylic acids is 1. The van der Waals surface area contributed by atoms with Gasteiger partial charge < -0.3 is 14.6 Å². The Kier molecular flexibility index (Phi) is 6.47. The van der Waals surface area contributed by atoms with E-state index in [-0.39, 0.29) is 0 Å². The molecule has 0 aliphatic carbocycles. The zero-order valence-electron chi connectivity index (χ0n) is 13.5. The number of methoxy groups -OCH3 is 1. The van der Waals surface area contributed by atoms with Crippen LogP contribution in [-0.2, 0) is 11.2 Å². The van der Waals surface area contributed by atoms with Gasteiger partial charge in [0.1, 0.15) is 0 Å². The molecule has 0 saturated heterocycles. The molecule has 23 heavy (non-hydrogen) atoms. The number of thiophene rings is 1. The summed E-state index contributed by atoms with van der Waals surface area (Å²) < 4.78 is 11.1. The molecule has 1 atom stereocenters. The first-order chi connectivity index (χ1) is 11.2. The number of ether oxygens (including phenoxy) is 2. The van der Waals surface area contributed by atoms with E-state index in [4.69, 9.17) is 9.47 Å². The summed E-state index contributed by atoms with van der Waals surface area (Å²) in [6.07, 6.45) is 2.46. The average molecular weight is 334 g/mol. The number of hydrogen-bond acceptors (Lipinski definition) is 4. The third-order valence-electron chi connectivity index (χ3n) is 3.61. The smallest absolute Gasteiger partial charge is 0.312 e. The van der Waals surface area contributed by atoms with E-state index in [1.54, 1.807) is 7.11 Å². The van der Waals surface area contributed by atoms with E-state index in [0.717, 1.165) is 23.3 Å². The molecule has 1 aromatic carbocycles. The Balaban J connectivity index is 2.18. The van der Waals surface area contributed by atoms with Crippen molar-refractivity contribution in [3.63, 3.8) is 0 Å². The van der Waals surface area contributed by atoms with E-state index >= 15 is 0 Å². The van der Waals surface area contributed by atoms with Crippen LogP contribution in [0.3, 0.4) is 0 Å². The summed E-state index contributed by atoms with van der Waals surface area (Å²) in [6, 6.07) is 9.37. The van der Waals surface area contributed by atoms with Crippen LogP contribution in [0.5, 0.6) is 11.5 Å². The van der Waals surface area contributed by atoms with Crippen molar-refractivity contribution in [3.8, 4) is 11.5 Å². The molecule has 1 N–H and O–H groups in total. The van der Waals surface area contributed by atoms with Gasteiger partial charge >= 0.3 is 5.97 Å². The van der Waals surface area contributed by atoms with Crippen molar-refractivity contribution in [3.05, 3.63) is 46.2 Å². The first kappa shape index (κ1) is 17.3. The quantitative estimate of drug-likeness (QED) is 0.693. The predicted molar refractivity (Wildman–Crippen MR) is 91.8 cm³/mol. The van der Waals surface area contributed by atoms with Crippen molar-refractivity contribution < 1.29 is 19.4 Å². The van der Waals surface area contributed by atoms with E-state index in [9.17, 15) is 9.90 Å². The van der Waals surface area contributed by atoms with Gasteiger partial charge in [0.05, 0.1) is 19.6 Å². The summed E-state index contributed by atoms with van der Waals surface area (Å²) in [5.74, 6) is 0.00484. The largest absolute Gasteiger partial charge is 0.493 e. The second kappa shape index (κ2) is 8.58. The van der Waals surface area contributed by atoms with Gasteiger partial charge in [-0.1, -0.05) is 25.5 Å². The summed E-state index contributed by atoms with van der Waals surface area (Å²) in [6.45, 7) is 2.74. The molecule has 0 bridgehead atoms. The Morgan fingerprint density at radius 1 is 1.30 bits per heavy atom. The highest BCUT2D eigenvalue weighted by Gasteiger charge is 2.22. The molecule has 124 valence electrons. The lowest BCUT2D eigenvalue weighted by molar-refractivity contribution is -0.138. The van der Waals surface area contributed by atoms with Gasteiger partial charge in [0.2, 0.25) is 0 Å². The minimum Gasteiger partial charge on any atom is -0.493 e. The summed E-state index contributed by atoms with van der Waals surface area (Å²) in [5, 5.41) is 11.4. The predicted octanol–water partition coefficient (Wildman–Crippen LogP) is 4.35. The van der Waals surface area contributed by atoms with Crippen LogP contribution in [0.4, 0.5) is 0 Å². The van der Waals surface area contributed by atoms with Crippen LogP contribution in [0.15, 0.2) is 35.7 Å². The zero-order chi connectivity index (χ0) is 16.7. The minimum atomic E-state index is -0.809. The van der Waals surface area contributed by atoms with Crippen LogP contribution in [0.2, 0.25) is 0 Å². The van der Waals surface area contributed by atoms with Crippen molar-refractivity contribution in [1.82, 2.24) is 0 Å². The van der Waals surface area contributed by atoms with Crippen LogP contribution in [-0.4, -0.2) is 24.8 Å². The van der Waals surface area contributed by atoms with Gasteiger partial charge in [-0.25, -0.2) is 0 Å². The van der Waals surface area contributed by atoms with Gasteiger partial charge in [-0.3, -0.25) is 4.79 Å². The van der Waals surface area contributed by atoms with E-state index in [0.29, 0.717) is 24.5 Å². The Morgan fingerprint density at radius 2 is 2.13 bits per heavy atom. The lowest BCUT2D eigenvalue weighted by Gasteiger charge is -2.14. The van der Waals surface area contributed by atoms with Crippen molar-refractivity contribution >= 4 is 17.3 Å². The van der Waals surface area contributed by atoms with E-state index in [2.05, 4.69) is 6.92 Å². The maximum atomic E-state index is 11.6. The maximum absolute atomic E-state index is 11.6. The Bertz CT molecular complexity index is 622. The van der Waals surface area contributed by atoms with Crippen LogP contribution >= 0.6 is 11.3 Å². The fourth-order valence-electron chi connectivity index (χ4n) is 2.32. The molecule has 0 amide bonds. The molecule has 5 heteroatoms. The molecular weight excluding hydrogens is 312 g/mol. The van der Waals surface area contributed by atoms with Gasteiger partial charge in [0, 0.05) is 4.88 Å². The minimum absolute atomic E-state index is 0.435. The molecule has 0 radical (unpaired) electrons. The first-order valence-corrected chi connectivity index (χ1v) is 8.59. The average Bonchev–Trinajstić information content (AvgIpc) is 3.07. The van der Waals surface area contributed by atoms with Gasteiger partial charge in [-0.15, -0.1) is 11.3 Å². The normalized spacial score (nSPS) is 11.9. The fraction of sp³-hybridized carbons (Fsp3) is 0.389. The Hall–Kier alpha value is -2.01. The van der Waals surface area contributed by atoms with Gasteiger partial charge in [0.25, 0.3) is 0 Å². The number of benzene rings is 1. The third-order valence-corrected chi connectivity index (χ3v) is 4.59. The molecule has 2 rings (SSSR count). The SMILES string of the molecule is CCCCOc1cc(CC(C(=O)O)c2cccs2)ccc1OC. The molecule has 0 saturated carbocycles.